The lowest BCUT2D eigenvalue weighted by Gasteiger charge is -2.20. The lowest BCUT2D eigenvalue weighted by Crippen LogP contribution is -2.35. The molecule has 0 aromatic carbocycles. The summed E-state index contributed by atoms with van der Waals surface area (Å²) in [5, 5.41) is 3.27. The molecule has 26 heavy (non-hydrogen) atoms. The summed E-state index contributed by atoms with van der Waals surface area (Å²) >= 11 is 6.39. The summed E-state index contributed by atoms with van der Waals surface area (Å²) < 4.78 is 4.81. The van der Waals surface area contributed by atoms with E-state index in [0.717, 1.165) is 37.1 Å². The van der Waals surface area contributed by atoms with E-state index >= 15 is 0 Å². The van der Waals surface area contributed by atoms with Crippen LogP contribution in [0.4, 0.5) is 0 Å². The molecule has 7 heteroatoms. The number of rotatable bonds is 7. The van der Waals surface area contributed by atoms with Crippen molar-refractivity contribution < 1.29 is 9.53 Å². The number of nitrogens with zero attached hydrogens (tertiary/aromatic N) is 2. The molecular formula is C19H23ClN4O2. The smallest absolute Gasteiger partial charge is 0.358 e. The third-order valence-electron chi connectivity index (χ3n) is 4.63. The number of aryl methyl sites for hydroxylation is 1. The number of halogens is 1. The molecule has 0 unspecified atom stereocenters. The van der Waals surface area contributed by atoms with Gasteiger partial charge in [-0.05, 0) is 44.7 Å². The standard InChI is InChI=1S/C19H23ClN4O2/c1-11-5-4-6-14(22-11)19(9-10-19)24-17(21)15(20)16(18(25)26-3)23-12(2)13-7-8-13/h4-6,13,24H,2,7-10,21H2,1,3H3/b17-15-,23-16+. The number of methoxy groups -OCH3 is 1. The van der Waals surface area contributed by atoms with Crippen LogP contribution >= 0.6 is 11.6 Å². The molecule has 2 saturated carbocycles. The highest BCUT2D eigenvalue weighted by atomic mass is 35.5. The minimum Gasteiger partial charge on any atom is -0.464 e. The Morgan fingerprint density at radius 1 is 1.46 bits per heavy atom. The Bertz CT molecular complexity index is 808. The zero-order valence-corrected chi connectivity index (χ0v) is 15.8. The van der Waals surface area contributed by atoms with E-state index in [2.05, 4.69) is 21.9 Å². The number of nitrogens with two attached hydrogens (primary N) is 1. The van der Waals surface area contributed by atoms with Gasteiger partial charge in [0.25, 0.3) is 0 Å². The highest BCUT2D eigenvalue weighted by Crippen LogP contribution is 2.45. The van der Waals surface area contributed by atoms with Gasteiger partial charge in [-0.3, -0.25) is 4.98 Å². The van der Waals surface area contributed by atoms with Crippen molar-refractivity contribution >= 4 is 23.3 Å². The molecule has 1 heterocycles. The molecule has 1 aromatic rings. The molecule has 0 bridgehead atoms. The Kier molecular flexibility index (Phi) is 5.05. The lowest BCUT2D eigenvalue weighted by molar-refractivity contribution is -0.132. The fraction of sp³-hybridized carbons (Fsp3) is 0.421. The highest BCUT2D eigenvalue weighted by molar-refractivity contribution is 6.58. The monoisotopic (exact) mass is 374 g/mol. The molecule has 3 rings (SSSR count). The van der Waals surface area contributed by atoms with Crippen molar-refractivity contribution in [3.8, 4) is 0 Å². The topological polar surface area (TPSA) is 89.6 Å². The summed E-state index contributed by atoms with van der Waals surface area (Å²) in [6.07, 6.45) is 3.81. The van der Waals surface area contributed by atoms with E-state index in [0.29, 0.717) is 11.6 Å². The molecule has 0 atom stereocenters. The van der Waals surface area contributed by atoms with Crippen LogP contribution in [0.3, 0.4) is 0 Å². The number of ether oxygens (including phenoxy) is 1. The van der Waals surface area contributed by atoms with Gasteiger partial charge in [0.15, 0.2) is 5.71 Å². The van der Waals surface area contributed by atoms with Crippen molar-refractivity contribution in [2.75, 3.05) is 7.11 Å². The molecule has 2 fully saturated rings. The zero-order chi connectivity index (χ0) is 18.9. The van der Waals surface area contributed by atoms with Crippen LogP contribution in [0.15, 0.2) is 46.3 Å². The predicted molar refractivity (Wildman–Crippen MR) is 101 cm³/mol. The second-order valence-electron chi connectivity index (χ2n) is 6.82. The molecule has 0 spiro atoms. The van der Waals surface area contributed by atoms with Crippen molar-refractivity contribution in [2.45, 2.75) is 38.1 Å². The van der Waals surface area contributed by atoms with Gasteiger partial charge >= 0.3 is 5.97 Å². The maximum Gasteiger partial charge on any atom is 0.358 e. The van der Waals surface area contributed by atoms with Crippen molar-refractivity contribution in [3.05, 3.63) is 52.7 Å². The van der Waals surface area contributed by atoms with Crippen molar-refractivity contribution in [3.63, 3.8) is 0 Å². The fourth-order valence-corrected chi connectivity index (χ4v) is 2.92. The van der Waals surface area contributed by atoms with Gasteiger partial charge in [-0.15, -0.1) is 0 Å². The van der Waals surface area contributed by atoms with Crippen LogP contribution in [0.25, 0.3) is 0 Å². The Balaban J connectivity index is 1.86. The number of hydrogen-bond donors (Lipinski definition) is 2. The number of carbonyl (C=O) groups excluding carboxylic acids is 1. The first-order chi connectivity index (χ1) is 12.4. The minimum atomic E-state index is -0.639. The molecule has 2 aliphatic rings. The Labute approximate surface area is 158 Å². The zero-order valence-electron chi connectivity index (χ0n) is 15.0. The summed E-state index contributed by atoms with van der Waals surface area (Å²) in [7, 11) is 1.28. The van der Waals surface area contributed by atoms with Gasteiger partial charge in [0, 0.05) is 17.3 Å². The SMILES string of the molecule is C=C(/N=C(C(=O)OC)\C(Cl)=C(/N)NC1(c2cccc(C)n2)CC1)C1CC1. The van der Waals surface area contributed by atoms with Gasteiger partial charge in [0.2, 0.25) is 0 Å². The van der Waals surface area contributed by atoms with Gasteiger partial charge in [-0.2, -0.15) is 0 Å². The fourth-order valence-electron chi connectivity index (χ4n) is 2.75. The average Bonchev–Trinajstić information content (AvgIpc) is 3.52. The first-order valence-corrected chi connectivity index (χ1v) is 8.98. The van der Waals surface area contributed by atoms with Gasteiger partial charge in [-0.25, -0.2) is 9.79 Å². The number of esters is 1. The van der Waals surface area contributed by atoms with E-state index < -0.39 is 5.97 Å². The van der Waals surface area contributed by atoms with Crippen LogP contribution in [0.2, 0.25) is 0 Å². The quantitative estimate of drug-likeness (QED) is 0.565. The Morgan fingerprint density at radius 2 is 2.15 bits per heavy atom. The van der Waals surface area contributed by atoms with Crippen molar-refractivity contribution in [1.29, 1.82) is 0 Å². The van der Waals surface area contributed by atoms with Gasteiger partial charge in [0.1, 0.15) is 10.9 Å². The van der Waals surface area contributed by atoms with Gasteiger partial charge in [0.05, 0.1) is 18.3 Å². The van der Waals surface area contributed by atoms with Crippen LogP contribution in [-0.2, 0) is 15.1 Å². The van der Waals surface area contributed by atoms with E-state index in [1.807, 2.05) is 25.1 Å². The van der Waals surface area contributed by atoms with Crippen LogP contribution in [0.1, 0.15) is 37.1 Å². The lowest BCUT2D eigenvalue weighted by atomic mass is 10.1. The number of carbonyl (C=O) groups is 1. The maximum absolute atomic E-state index is 12.1. The third kappa shape index (κ3) is 3.90. The first-order valence-electron chi connectivity index (χ1n) is 8.60. The number of aliphatic imine (C=N–C) groups is 1. The van der Waals surface area contributed by atoms with Crippen LogP contribution in [0.5, 0.6) is 0 Å². The Hall–Kier alpha value is -2.34. The minimum absolute atomic E-state index is 0.0240. The number of pyridine rings is 1. The van der Waals surface area contributed by atoms with E-state index in [9.17, 15) is 4.79 Å². The molecule has 0 aliphatic heterocycles. The summed E-state index contributed by atoms with van der Waals surface area (Å²) in [6.45, 7) is 5.85. The van der Waals surface area contributed by atoms with Crippen LogP contribution in [-0.4, -0.2) is 23.8 Å². The van der Waals surface area contributed by atoms with Crippen molar-refractivity contribution in [2.24, 2.45) is 16.6 Å². The number of nitrogens with one attached hydrogen (secondary N) is 1. The average molecular weight is 375 g/mol. The van der Waals surface area contributed by atoms with E-state index in [-0.39, 0.29) is 22.1 Å². The normalized spacial score (nSPS) is 19.4. The first kappa shape index (κ1) is 18.5. The second-order valence-corrected chi connectivity index (χ2v) is 7.19. The summed E-state index contributed by atoms with van der Waals surface area (Å²) in [5.41, 5.74) is 8.25. The number of hydrogen-bond acceptors (Lipinski definition) is 6. The molecular weight excluding hydrogens is 352 g/mol. The maximum atomic E-state index is 12.1. The van der Waals surface area contributed by atoms with E-state index in [4.69, 9.17) is 22.1 Å². The molecule has 1 aromatic heterocycles. The van der Waals surface area contributed by atoms with Gasteiger partial charge < -0.3 is 15.8 Å². The molecule has 0 saturated heterocycles. The largest absolute Gasteiger partial charge is 0.464 e. The van der Waals surface area contributed by atoms with E-state index in [1.54, 1.807) is 0 Å². The van der Waals surface area contributed by atoms with Gasteiger partial charge in [-0.1, -0.05) is 24.2 Å². The predicted octanol–water partition coefficient (Wildman–Crippen LogP) is 2.87. The molecule has 2 aliphatic carbocycles. The number of aromatic nitrogens is 1. The molecule has 3 N–H and O–H groups in total. The van der Waals surface area contributed by atoms with Crippen LogP contribution in [0, 0.1) is 12.8 Å². The summed E-state index contributed by atoms with van der Waals surface area (Å²) in [5.74, 6) is -0.153. The second kappa shape index (κ2) is 7.11. The molecule has 0 radical (unpaired) electrons. The van der Waals surface area contributed by atoms with Crippen LogP contribution < -0.4 is 11.1 Å². The number of allylic oxidation sites excluding steroid dienone is 1. The molecule has 6 nitrogen and oxygen atoms in total. The van der Waals surface area contributed by atoms with Crippen molar-refractivity contribution in [1.82, 2.24) is 10.3 Å². The molecule has 0 amide bonds. The summed E-state index contributed by atoms with van der Waals surface area (Å²) in [4.78, 5) is 21.0. The molecule has 138 valence electrons. The Morgan fingerprint density at radius 3 is 2.69 bits per heavy atom. The highest BCUT2D eigenvalue weighted by Gasteiger charge is 2.46. The van der Waals surface area contributed by atoms with E-state index in [1.165, 1.54) is 7.11 Å². The summed E-state index contributed by atoms with van der Waals surface area (Å²) in [6, 6.07) is 5.86. The third-order valence-corrected chi connectivity index (χ3v) is 5.01.